The molecule has 5 aliphatic rings. The fraction of sp³-hybridized carbons (Fsp3) is 0.889. The highest BCUT2D eigenvalue weighted by molar-refractivity contribution is 5.15. The summed E-state index contributed by atoms with van der Waals surface area (Å²) in [4.78, 5) is 11.9. The van der Waals surface area contributed by atoms with Gasteiger partial charge in [-0.2, -0.15) is 0 Å². The minimum absolute atomic E-state index is 0.216. The molecule has 0 aromatic heterocycles. The summed E-state index contributed by atoms with van der Waals surface area (Å²) in [5.41, 5.74) is -0.919. The Morgan fingerprint density at radius 3 is 2.78 bits per heavy atom. The van der Waals surface area contributed by atoms with Crippen LogP contribution in [-0.4, -0.2) is 36.5 Å². The van der Waals surface area contributed by atoms with Crippen LogP contribution >= 0.6 is 0 Å². The molecular weight excluding hydrogens is 296 g/mol. The van der Waals surface area contributed by atoms with E-state index in [1.165, 1.54) is 6.42 Å². The molecule has 130 valence electrons. The summed E-state index contributed by atoms with van der Waals surface area (Å²) in [5.74, 6) is 0.497. The Balaban J connectivity index is 1.70. The Morgan fingerprint density at radius 2 is 2.00 bits per heavy atom. The molecule has 1 spiro atoms. The van der Waals surface area contributed by atoms with E-state index in [1.807, 2.05) is 6.92 Å². The summed E-state index contributed by atoms with van der Waals surface area (Å²) >= 11 is 0. The third-order valence-electron chi connectivity index (χ3n) is 6.46. The van der Waals surface area contributed by atoms with Crippen molar-refractivity contribution in [1.29, 1.82) is 0 Å². The third-order valence-corrected chi connectivity index (χ3v) is 6.46. The van der Waals surface area contributed by atoms with E-state index in [0.717, 1.165) is 19.3 Å². The normalized spacial score (nSPS) is 54.6. The summed E-state index contributed by atoms with van der Waals surface area (Å²) in [5, 5.41) is 0. The van der Waals surface area contributed by atoms with Crippen LogP contribution in [0.25, 0.3) is 0 Å². The summed E-state index contributed by atoms with van der Waals surface area (Å²) < 4.78 is 18.5. The van der Waals surface area contributed by atoms with Crippen molar-refractivity contribution in [2.24, 2.45) is 17.8 Å². The van der Waals surface area contributed by atoms with Gasteiger partial charge in [-0.3, -0.25) is 0 Å². The van der Waals surface area contributed by atoms with Gasteiger partial charge in [0, 0.05) is 12.3 Å². The molecule has 7 atom stereocenters. The van der Waals surface area contributed by atoms with Gasteiger partial charge < -0.3 is 14.2 Å². The van der Waals surface area contributed by atoms with Crippen molar-refractivity contribution in [2.45, 2.75) is 69.7 Å². The maximum absolute atomic E-state index is 6.45. The number of ether oxygens (including phenoxy) is 3. The molecule has 1 aliphatic carbocycles. The van der Waals surface area contributed by atoms with E-state index in [1.54, 1.807) is 6.08 Å². The van der Waals surface area contributed by atoms with Crippen molar-refractivity contribution >= 4 is 0 Å². The number of hydrogen-bond donors (Lipinski definition) is 0. The molecule has 5 heteroatoms. The zero-order chi connectivity index (χ0) is 16.3. The van der Waals surface area contributed by atoms with Crippen molar-refractivity contribution in [1.82, 2.24) is 0 Å². The van der Waals surface area contributed by atoms with Crippen molar-refractivity contribution < 1.29 is 24.0 Å². The zero-order valence-corrected chi connectivity index (χ0v) is 14.4. The first-order valence-electron chi connectivity index (χ1n) is 8.85. The molecule has 4 heterocycles. The molecule has 0 N–H and O–H groups in total. The van der Waals surface area contributed by atoms with E-state index in [-0.39, 0.29) is 12.2 Å². The van der Waals surface area contributed by atoms with Crippen LogP contribution in [0.4, 0.5) is 0 Å². The molecule has 0 radical (unpaired) electrons. The van der Waals surface area contributed by atoms with E-state index in [4.69, 9.17) is 24.0 Å². The van der Waals surface area contributed by atoms with Crippen molar-refractivity contribution in [3.63, 3.8) is 0 Å². The third kappa shape index (κ3) is 2.17. The van der Waals surface area contributed by atoms with Gasteiger partial charge in [-0.05, 0) is 44.9 Å². The van der Waals surface area contributed by atoms with E-state index in [0.29, 0.717) is 25.0 Å². The van der Waals surface area contributed by atoms with Crippen LogP contribution in [0, 0.1) is 17.8 Å². The first-order chi connectivity index (χ1) is 10.9. The Kier molecular flexibility index (Phi) is 3.67. The molecule has 0 amide bonds. The Morgan fingerprint density at radius 1 is 1.17 bits per heavy atom. The second-order valence-electron chi connectivity index (χ2n) is 8.09. The van der Waals surface area contributed by atoms with Gasteiger partial charge in [-0.15, -0.1) is 6.58 Å². The van der Waals surface area contributed by atoms with Gasteiger partial charge in [0.25, 0.3) is 0 Å². The smallest absolute Gasteiger partial charge is 0.201 e. The molecule has 4 saturated heterocycles. The maximum atomic E-state index is 6.45. The molecular formula is C18H28O5. The number of hydrogen-bond acceptors (Lipinski definition) is 5. The average Bonchev–Trinajstić information content (AvgIpc) is 2.61. The highest BCUT2D eigenvalue weighted by Gasteiger charge is 2.73. The minimum atomic E-state index is -0.704. The van der Waals surface area contributed by atoms with E-state index in [2.05, 4.69) is 20.4 Å². The monoisotopic (exact) mass is 324 g/mol. The Hall–Kier alpha value is -0.460. The van der Waals surface area contributed by atoms with Crippen molar-refractivity contribution in [3.8, 4) is 0 Å². The van der Waals surface area contributed by atoms with Crippen LogP contribution < -0.4 is 0 Å². The molecule has 5 rings (SSSR count). The fourth-order valence-electron chi connectivity index (χ4n) is 5.29. The predicted octanol–water partition coefficient (Wildman–Crippen LogP) is 3.19. The number of rotatable bonds is 4. The predicted molar refractivity (Wildman–Crippen MR) is 83.3 cm³/mol. The highest BCUT2D eigenvalue weighted by atomic mass is 17.3. The van der Waals surface area contributed by atoms with Crippen LogP contribution in [0.2, 0.25) is 0 Å². The Bertz CT molecular complexity index is 496. The minimum Gasteiger partial charge on any atom is -0.374 e. The molecule has 5 fully saturated rings. The largest absolute Gasteiger partial charge is 0.374 e. The summed E-state index contributed by atoms with van der Waals surface area (Å²) in [6, 6.07) is 0. The van der Waals surface area contributed by atoms with Gasteiger partial charge in [-0.1, -0.05) is 13.0 Å². The van der Waals surface area contributed by atoms with Crippen LogP contribution in [-0.2, 0) is 24.0 Å². The molecule has 1 saturated carbocycles. The zero-order valence-electron chi connectivity index (χ0n) is 14.4. The standard InChI is InChI=1S/C18H28O5/c1-5-10-19-11-16(3)14-7-6-12(2)13-8-9-17(4)21-15(20-16)18(13,14)23-22-17/h5,12-15H,1,6-11H2,2-4H3/t12-,13+,14?,15+,16-,17-,18-/m1/s1. The lowest BCUT2D eigenvalue weighted by atomic mass is 9.60. The SMILES string of the molecule is C=CCOC[C@@]1(C)O[C@H]2O[C@@]3(C)CC[C@H]4[C@H](C)CCC1[C@@]24OO3. The fourth-order valence-corrected chi connectivity index (χ4v) is 5.29. The summed E-state index contributed by atoms with van der Waals surface area (Å²) in [6.07, 6.45) is 5.52. The second-order valence-corrected chi connectivity index (χ2v) is 8.09. The highest BCUT2D eigenvalue weighted by Crippen LogP contribution is 2.63. The van der Waals surface area contributed by atoms with Crippen LogP contribution in [0.5, 0.6) is 0 Å². The Labute approximate surface area is 138 Å². The van der Waals surface area contributed by atoms with E-state index in [9.17, 15) is 0 Å². The molecule has 2 bridgehead atoms. The molecule has 0 aromatic carbocycles. The van der Waals surface area contributed by atoms with Gasteiger partial charge in [0.1, 0.15) is 0 Å². The summed E-state index contributed by atoms with van der Waals surface area (Å²) in [7, 11) is 0. The van der Waals surface area contributed by atoms with Crippen molar-refractivity contribution in [2.75, 3.05) is 13.2 Å². The van der Waals surface area contributed by atoms with Gasteiger partial charge >= 0.3 is 0 Å². The first-order valence-corrected chi connectivity index (χ1v) is 8.85. The van der Waals surface area contributed by atoms with Gasteiger partial charge in [0.05, 0.1) is 18.8 Å². The lowest BCUT2D eigenvalue weighted by Gasteiger charge is -2.50. The van der Waals surface area contributed by atoms with Crippen LogP contribution in [0.1, 0.15) is 46.5 Å². The molecule has 23 heavy (non-hydrogen) atoms. The second kappa shape index (κ2) is 5.27. The molecule has 1 unspecified atom stereocenters. The number of fused-ring (bicyclic) bond motifs is 2. The van der Waals surface area contributed by atoms with Gasteiger partial charge in [-0.25, -0.2) is 9.78 Å². The van der Waals surface area contributed by atoms with E-state index < -0.39 is 17.0 Å². The van der Waals surface area contributed by atoms with Gasteiger partial charge in [0.15, 0.2) is 11.9 Å². The quantitative estimate of drug-likeness (QED) is 0.451. The molecule has 0 aromatic rings. The lowest BCUT2D eigenvalue weighted by Crippen LogP contribution is -2.62. The van der Waals surface area contributed by atoms with E-state index >= 15 is 0 Å². The lowest BCUT2D eigenvalue weighted by molar-refractivity contribution is -0.541. The van der Waals surface area contributed by atoms with Crippen LogP contribution in [0.15, 0.2) is 12.7 Å². The van der Waals surface area contributed by atoms with Crippen molar-refractivity contribution in [3.05, 3.63) is 12.7 Å². The van der Waals surface area contributed by atoms with Gasteiger partial charge in [0.2, 0.25) is 5.79 Å². The van der Waals surface area contributed by atoms with Crippen LogP contribution in [0.3, 0.4) is 0 Å². The topological polar surface area (TPSA) is 46.2 Å². The molecule has 5 nitrogen and oxygen atoms in total. The maximum Gasteiger partial charge on any atom is 0.201 e. The summed E-state index contributed by atoms with van der Waals surface area (Å²) in [6.45, 7) is 11.2. The molecule has 4 aliphatic heterocycles. The first kappa shape index (κ1) is 16.0. The average molecular weight is 324 g/mol.